The molecule has 1 aliphatic heterocycles. The molecule has 1 aliphatic rings. The van der Waals surface area contributed by atoms with Crippen LogP contribution in [0.4, 0.5) is 5.82 Å². The maximum Gasteiger partial charge on any atom is 0.139 e. The summed E-state index contributed by atoms with van der Waals surface area (Å²) in [6, 6.07) is 0. The van der Waals surface area contributed by atoms with Crippen LogP contribution >= 0.6 is 24.0 Å². The van der Waals surface area contributed by atoms with Gasteiger partial charge in [0.2, 0.25) is 0 Å². The highest BCUT2D eigenvalue weighted by Gasteiger charge is 2.14. The Morgan fingerprint density at radius 3 is 3.18 bits per heavy atom. The van der Waals surface area contributed by atoms with E-state index in [9.17, 15) is 0 Å². The summed E-state index contributed by atoms with van der Waals surface area (Å²) in [7, 11) is 0. The van der Waals surface area contributed by atoms with Crippen molar-refractivity contribution in [2.45, 2.75) is 24.5 Å². The molecular formula is C11H16N4S2. The first-order valence-electron chi connectivity index (χ1n) is 5.72. The fraction of sp³-hybridized carbons (Fsp3) is 0.545. The fourth-order valence-electron chi connectivity index (χ4n) is 1.83. The van der Waals surface area contributed by atoms with Crippen molar-refractivity contribution < 1.29 is 0 Å². The Bertz CT molecular complexity index is 391. The number of rotatable bonds is 4. The molecule has 1 unspecified atom stereocenters. The zero-order valence-corrected chi connectivity index (χ0v) is 11.2. The van der Waals surface area contributed by atoms with Crippen LogP contribution in [0.1, 0.15) is 24.8 Å². The van der Waals surface area contributed by atoms with Gasteiger partial charge >= 0.3 is 0 Å². The minimum atomic E-state index is 0.337. The molecule has 0 bridgehead atoms. The minimum absolute atomic E-state index is 0.337. The van der Waals surface area contributed by atoms with Gasteiger partial charge in [-0.15, -0.1) is 0 Å². The van der Waals surface area contributed by atoms with E-state index in [1.807, 2.05) is 11.8 Å². The van der Waals surface area contributed by atoms with Crippen LogP contribution in [0, 0.1) is 0 Å². The van der Waals surface area contributed by atoms with Crippen LogP contribution in [0.25, 0.3) is 0 Å². The lowest BCUT2D eigenvalue weighted by molar-refractivity contribution is 0.677. The molecule has 0 saturated carbocycles. The van der Waals surface area contributed by atoms with E-state index in [1.54, 1.807) is 6.20 Å². The van der Waals surface area contributed by atoms with Gasteiger partial charge in [-0.3, -0.25) is 0 Å². The van der Waals surface area contributed by atoms with Crippen molar-refractivity contribution in [1.82, 2.24) is 9.97 Å². The summed E-state index contributed by atoms with van der Waals surface area (Å²) in [5, 5.41) is 3.99. The molecule has 2 heterocycles. The average Bonchev–Trinajstić information content (AvgIpc) is 2.38. The molecule has 1 saturated heterocycles. The van der Waals surface area contributed by atoms with E-state index in [2.05, 4.69) is 15.3 Å². The summed E-state index contributed by atoms with van der Waals surface area (Å²) in [6.07, 6.45) is 7.10. The standard InChI is InChI=1S/C11H16N4S2/c12-10(16)9-6-13-7-15-11(9)14-5-8-3-1-2-4-17-8/h6-8H,1-5H2,(H2,12,16)(H,13,14,15). The highest BCUT2D eigenvalue weighted by Crippen LogP contribution is 2.25. The predicted molar refractivity (Wildman–Crippen MR) is 76.5 cm³/mol. The molecular weight excluding hydrogens is 252 g/mol. The largest absolute Gasteiger partial charge is 0.389 e. The Kier molecular flexibility index (Phi) is 4.56. The number of aromatic nitrogens is 2. The second-order valence-electron chi connectivity index (χ2n) is 4.02. The number of nitrogens with two attached hydrogens (primary N) is 1. The highest BCUT2D eigenvalue weighted by molar-refractivity contribution is 7.99. The summed E-state index contributed by atoms with van der Waals surface area (Å²) in [5.74, 6) is 2.01. The summed E-state index contributed by atoms with van der Waals surface area (Å²) >= 11 is 7.00. The van der Waals surface area contributed by atoms with Gasteiger partial charge in [0, 0.05) is 18.0 Å². The third-order valence-electron chi connectivity index (χ3n) is 2.75. The minimum Gasteiger partial charge on any atom is -0.389 e. The lowest BCUT2D eigenvalue weighted by atomic mass is 10.2. The highest BCUT2D eigenvalue weighted by atomic mass is 32.2. The van der Waals surface area contributed by atoms with E-state index >= 15 is 0 Å². The first-order chi connectivity index (χ1) is 8.27. The van der Waals surface area contributed by atoms with Gasteiger partial charge in [0.15, 0.2) is 0 Å². The fourth-order valence-corrected chi connectivity index (χ4v) is 3.22. The maximum atomic E-state index is 5.63. The van der Waals surface area contributed by atoms with Crippen molar-refractivity contribution >= 4 is 34.8 Å². The summed E-state index contributed by atoms with van der Waals surface area (Å²) in [4.78, 5) is 8.46. The summed E-state index contributed by atoms with van der Waals surface area (Å²) < 4.78 is 0. The number of thiocarbonyl (C=S) groups is 1. The lowest BCUT2D eigenvalue weighted by Gasteiger charge is -2.22. The van der Waals surface area contributed by atoms with Gasteiger partial charge < -0.3 is 11.1 Å². The van der Waals surface area contributed by atoms with Crippen molar-refractivity contribution in [3.05, 3.63) is 18.1 Å². The predicted octanol–water partition coefficient (Wildman–Crippen LogP) is 1.81. The van der Waals surface area contributed by atoms with E-state index in [0.29, 0.717) is 10.2 Å². The van der Waals surface area contributed by atoms with Crippen molar-refractivity contribution in [3.8, 4) is 0 Å². The molecule has 1 aromatic rings. The summed E-state index contributed by atoms with van der Waals surface area (Å²) in [5.41, 5.74) is 6.35. The molecule has 1 aromatic heterocycles. The Morgan fingerprint density at radius 1 is 1.59 bits per heavy atom. The topological polar surface area (TPSA) is 63.8 Å². The number of anilines is 1. The van der Waals surface area contributed by atoms with Crippen molar-refractivity contribution in [3.63, 3.8) is 0 Å². The van der Waals surface area contributed by atoms with Crippen LogP contribution in [0.3, 0.4) is 0 Å². The number of nitrogens with zero attached hydrogens (tertiary/aromatic N) is 2. The zero-order valence-electron chi connectivity index (χ0n) is 9.56. The van der Waals surface area contributed by atoms with E-state index < -0.39 is 0 Å². The van der Waals surface area contributed by atoms with Crippen molar-refractivity contribution in [1.29, 1.82) is 0 Å². The van der Waals surface area contributed by atoms with E-state index in [1.165, 1.54) is 31.3 Å². The number of hydrogen-bond donors (Lipinski definition) is 2. The molecule has 6 heteroatoms. The first kappa shape index (κ1) is 12.6. The molecule has 0 aromatic carbocycles. The lowest BCUT2D eigenvalue weighted by Crippen LogP contribution is -2.22. The molecule has 17 heavy (non-hydrogen) atoms. The van der Waals surface area contributed by atoms with Gasteiger partial charge in [-0.05, 0) is 18.6 Å². The second kappa shape index (κ2) is 6.16. The quantitative estimate of drug-likeness (QED) is 0.812. The smallest absolute Gasteiger partial charge is 0.139 e. The van der Waals surface area contributed by atoms with E-state index in [0.717, 1.165) is 17.9 Å². The molecule has 0 radical (unpaired) electrons. The zero-order chi connectivity index (χ0) is 12.1. The Labute approximate surface area is 111 Å². The molecule has 0 aliphatic carbocycles. The van der Waals surface area contributed by atoms with Crippen LogP contribution in [0.5, 0.6) is 0 Å². The molecule has 0 spiro atoms. The maximum absolute atomic E-state index is 5.63. The molecule has 1 atom stereocenters. The number of hydrogen-bond acceptors (Lipinski definition) is 5. The monoisotopic (exact) mass is 268 g/mol. The third kappa shape index (κ3) is 3.54. The van der Waals surface area contributed by atoms with E-state index in [-0.39, 0.29) is 0 Å². The van der Waals surface area contributed by atoms with Crippen LogP contribution in [-0.2, 0) is 0 Å². The van der Waals surface area contributed by atoms with Gasteiger partial charge in [0.05, 0.1) is 5.56 Å². The van der Waals surface area contributed by atoms with Crippen LogP contribution in [0.15, 0.2) is 12.5 Å². The van der Waals surface area contributed by atoms with Crippen molar-refractivity contribution in [2.24, 2.45) is 5.73 Å². The molecule has 4 nitrogen and oxygen atoms in total. The first-order valence-corrected chi connectivity index (χ1v) is 7.18. The van der Waals surface area contributed by atoms with Gasteiger partial charge in [0.25, 0.3) is 0 Å². The Balaban J connectivity index is 1.96. The normalized spacial score (nSPS) is 19.9. The third-order valence-corrected chi connectivity index (χ3v) is 4.37. The second-order valence-corrected chi connectivity index (χ2v) is 5.87. The van der Waals surface area contributed by atoms with Gasteiger partial charge in [-0.2, -0.15) is 11.8 Å². The SMILES string of the molecule is NC(=S)c1cncnc1NCC1CCCCS1. The van der Waals surface area contributed by atoms with Gasteiger partial charge in [0.1, 0.15) is 17.1 Å². The summed E-state index contributed by atoms with van der Waals surface area (Å²) in [6.45, 7) is 0.914. The van der Waals surface area contributed by atoms with Gasteiger partial charge in [-0.25, -0.2) is 9.97 Å². The molecule has 0 amide bonds. The van der Waals surface area contributed by atoms with Crippen LogP contribution in [0.2, 0.25) is 0 Å². The van der Waals surface area contributed by atoms with Crippen LogP contribution in [-0.4, -0.2) is 32.5 Å². The molecule has 3 N–H and O–H groups in total. The average molecular weight is 268 g/mol. The van der Waals surface area contributed by atoms with Crippen molar-refractivity contribution in [2.75, 3.05) is 17.6 Å². The Morgan fingerprint density at radius 2 is 2.47 bits per heavy atom. The molecule has 92 valence electrons. The molecule has 1 fully saturated rings. The Hall–Kier alpha value is -0.880. The van der Waals surface area contributed by atoms with Crippen LogP contribution < -0.4 is 11.1 Å². The molecule has 2 rings (SSSR count). The van der Waals surface area contributed by atoms with E-state index in [4.69, 9.17) is 18.0 Å². The number of thioether (sulfide) groups is 1. The van der Waals surface area contributed by atoms with Gasteiger partial charge in [-0.1, -0.05) is 18.6 Å². The number of nitrogens with one attached hydrogen (secondary N) is 1.